The average molecular weight is 302 g/mol. The van der Waals surface area contributed by atoms with Crippen molar-refractivity contribution in [2.45, 2.75) is 6.92 Å². The van der Waals surface area contributed by atoms with Crippen molar-refractivity contribution in [3.8, 4) is 11.3 Å². The monoisotopic (exact) mass is 301 g/mol. The number of imidazole rings is 1. The van der Waals surface area contributed by atoms with Crippen LogP contribution < -0.4 is 5.73 Å². The Morgan fingerprint density at radius 3 is 2.61 bits per heavy atom. The van der Waals surface area contributed by atoms with Crippen molar-refractivity contribution in [1.82, 2.24) is 9.38 Å². The topological polar surface area (TPSA) is 43.3 Å². The molecule has 3 nitrogen and oxygen atoms in total. The van der Waals surface area contributed by atoms with E-state index >= 15 is 0 Å². The molecule has 0 bridgehead atoms. The van der Waals surface area contributed by atoms with Crippen molar-refractivity contribution in [2.75, 3.05) is 5.73 Å². The number of nitrogen functional groups attached to an aromatic ring is 1. The molecule has 0 saturated heterocycles. The maximum Gasteiger partial charge on any atom is 0.160 e. The largest absolute Gasteiger partial charge is 0.396 e. The number of nitrogens with zero attached hydrogens (tertiary/aromatic N) is 2. The van der Waals surface area contributed by atoms with Crippen LogP contribution in [0.25, 0.3) is 16.9 Å². The van der Waals surface area contributed by atoms with Gasteiger partial charge in [0.05, 0.1) is 11.4 Å². The number of anilines is 1. The summed E-state index contributed by atoms with van der Waals surface area (Å²) in [5, 5.41) is 0. The van der Waals surface area contributed by atoms with Gasteiger partial charge in [0, 0.05) is 22.4 Å². The Balaban J connectivity index is 2.19. The van der Waals surface area contributed by atoms with Gasteiger partial charge in [0.2, 0.25) is 0 Å². The zero-order valence-electron chi connectivity index (χ0n) is 9.89. The van der Waals surface area contributed by atoms with Crippen molar-refractivity contribution in [1.29, 1.82) is 0 Å². The lowest BCUT2D eigenvalue weighted by molar-refractivity contribution is 1.18. The molecule has 0 aliphatic heterocycles. The highest BCUT2D eigenvalue weighted by Gasteiger charge is 2.07. The molecule has 2 N–H and O–H groups in total. The number of rotatable bonds is 1. The van der Waals surface area contributed by atoms with E-state index in [-0.39, 0.29) is 0 Å². The second kappa shape index (κ2) is 4.14. The molecule has 3 rings (SSSR count). The van der Waals surface area contributed by atoms with Crippen LogP contribution in [-0.4, -0.2) is 9.38 Å². The molecule has 2 heterocycles. The Bertz CT molecular complexity index is 714. The summed E-state index contributed by atoms with van der Waals surface area (Å²) >= 11 is 3.43. The lowest BCUT2D eigenvalue weighted by atomic mass is 10.1. The molecule has 0 aliphatic carbocycles. The van der Waals surface area contributed by atoms with Gasteiger partial charge in [-0.05, 0) is 28.9 Å². The number of benzene rings is 1. The SMILES string of the molecule is Cc1ccc(-c2cn3cc(Br)cc(N)c3n2)cc1. The maximum atomic E-state index is 5.96. The van der Waals surface area contributed by atoms with Crippen LogP contribution in [0.1, 0.15) is 5.56 Å². The highest BCUT2D eigenvalue weighted by atomic mass is 79.9. The smallest absolute Gasteiger partial charge is 0.160 e. The first-order chi connectivity index (χ1) is 8.63. The van der Waals surface area contributed by atoms with Crippen LogP contribution in [-0.2, 0) is 0 Å². The lowest BCUT2D eigenvalue weighted by Crippen LogP contribution is -1.91. The predicted molar refractivity (Wildman–Crippen MR) is 77.5 cm³/mol. The molecule has 0 radical (unpaired) electrons. The van der Waals surface area contributed by atoms with Gasteiger partial charge in [0.1, 0.15) is 0 Å². The van der Waals surface area contributed by atoms with Gasteiger partial charge in [-0.15, -0.1) is 0 Å². The minimum absolute atomic E-state index is 0.669. The lowest BCUT2D eigenvalue weighted by Gasteiger charge is -1.97. The van der Waals surface area contributed by atoms with Gasteiger partial charge in [-0.3, -0.25) is 0 Å². The van der Waals surface area contributed by atoms with Crippen LogP contribution in [0, 0.1) is 6.92 Å². The summed E-state index contributed by atoms with van der Waals surface area (Å²) in [6.07, 6.45) is 3.94. The summed E-state index contributed by atoms with van der Waals surface area (Å²) in [5.74, 6) is 0. The molecule has 0 aliphatic rings. The third-order valence-corrected chi connectivity index (χ3v) is 3.33. The highest BCUT2D eigenvalue weighted by molar-refractivity contribution is 9.10. The fourth-order valence-corrected chi connectivity index (χ4v) is 2.42. The average Bonchev–Trinajstić information content (AvgIpc) is 2.74. The van der Waals surface area contributed by atoms with Crippen molar-refractivity contribution >= 4 is 27.3 Å². The molecular weight excluding hydrogens is 290 g/mol. The zero-order chi connectivity index (χ0) is 12.7. The van der Waals surface area contributed by atoms with Crippen molar-refractivity contribution < 1.29 is 0 Å². The molecule has 0 saturated carbocycles. The van der Waals surface area contributed by atoms with Crippen LogP contribution in [0.2, 0.25) is 0 Å². The molecule has 1 aromatic carbocycles. The van der Waals surface area contributed by atoms with Crippen LogP contribution >= 0.6 is 15.9 Å². The quantitative estimate of drug-likeness (QED) is 0.745. The van der Waals surface area contributed by atoms with Gasteiger partial charge in [-0.1, -0.05) is 29.8 Å². The number of aromatic nitrogens is 2. The van der Waals surface area contributed by atoms with Gasteiger partial charge < -0.3 is 10.1 Å². The standard InChI is InChI=1S/C14H12BrN3/c1-9-2-4-10(5-3-9)13-8-18-7-11(15)6-12(16)14(18)17-13/h2-8H,16H2,1H3. The van der Waals surface area contributed by atoms with Gasteiger partial charge in [0.25, 0.3) is 0 Å². The van der Waals surface area contributed by atoms with Gasteiger partial charge in [-0.25, -0.2) is 4.98 Å². The van der Waals surface area contributed by atoms with E-state index in [0.717, 1.165) is 21.4 Å². The Kier molecular flexibility index (Phi) is 2.59. The van der Waals surface area contributed by atoms with Crippen molar-refractivity contribution in [3.05, 3.63) is 52.8 Å². The Morgan fingerprint density at radius 2 is 1.89 bits per heavy atom. The van der Waals surface area contributed by atoms with E-state index in [1.807, 2.05) is 22.9 Å². The Labute approximate surface area is 113 Å². The van der Waals surface area contributed by atoms with Gasteiger partial charge in [0.15, 0.2) is 5.65 Å². The number of aryl methyl sites for hydroxylation is 1. The molecule has 0 unspecified atom stereocenters. The number of pyridine rings is 1. The van der Waals surface area contributed by atoms with Crippen LogP contribution in [0.3, 0.4) is 0 Å². The first kappa shape index (κ1) is 11.3. The van der Waals surface area contributed by atoms with Crippen LogP contribution in [0.4, 0.5) is 5.69 Å². The number of nitrogens with two attached hydrogens (primary N) is 1. The highest BCUT2D eigenvalue weighted by Crippen LogP contribution is 2.24. The molecule has 3 aromatic rings. The van der Waals surface area contributed by atoms with Gasteiger partial charge in [-0.2, -0.15) is 0 Å². The van der Waals surface area contributed by atoms with E-state index in [4.69, 9.17) is 5.73 Å². The van der Waals surface area contributed by atoms with E-state index in [1.54, 1.807) is 0 Å². The summed E-state index contributed by atoms with van der Waals surface area (Å²) in [7, 11) is 0. The first-order valence-electron chi connectivity index (χ1n) is 5.64. The van der Waals surface area contributed by atoms with E-state index in [0.29, 0.717) is 5.69 Å². The second-order valence-electron chi connectivity index (χ2n) is 4.34. The number of hydrogen-bond donors (Lipinski definition) is 1. The molecule has 0 fully saturated rings. The van der Waals surface area contributed by atoms with E-state index < -0.39 is 0 Å². The summed E-state index contributed by atoms with van der Waals surface area (Å²) in [4.78, 5) is 4.57. The zero-order valence-corrected chi connectivity index (χ0v) is 11.5. The minimum atomic E-state index is 0.669. The third-order valence-electron chi connectivity index (χ3n) is 2.89. The maximum absolute atomic E-state index is 5.96. The van der Waals surface area contributed by atoms with E-state index in [2.05, 4.69) is 52.1 Å². The third kappa shape index (κ3) is 1.88. The number of halogens is 1. The summed E-state index contributed by atoms with van der Waals surface area (Å²) < 4.78 is 2.88. The Morgan fingerprint density at radius 1 is 1.17 bits per heavy atom. The molecule has 0 spiro atoms. The fourth-order valence-electron chi connectivity index (χ4n) is 1.95. The summed E-state index contributed by atoms with van der Waals surface area (Å²) in [5.41, 5.74) is 10.7. The summed E-state index contributed by atoms with van der Waals surface area (Å²) in [6.45, 7) is 2.07. The molecule has 90 valence electrons. The normalized spacial score (nSPS) is 11.0. The van der Waals surface area contributed by atoms with Crippen molar-refractivity contribution in [2.24, 2.45) is 0 Å². The molecule has 2 aromatic heterocycles. The van der Waals surface area contributed by atoms with Gasteiger partial charge >= 0.3 is 0 Å². The van der Waals surface area contributed by atoms with Crippen LogP contribution in [0.5, 0.6) is 0 Å². The Hall–Kier alpha value is -1.81. The van der Waals surface area contributed by atoms with Crippen molar-refractivity contribution in [3.63, 3.8) is 0 Å². The number of fused-ring (bicyclic) bond motifs is 1. The first-order valence-corrected chi connectivity index (χ1v) is 6.43. The molecule has 0 atom stereocenters. The predicted octanol–water partition coefficient (Wildman–Crippen LogP) is 3.65. The van der Waals surface area contributed by atoms with E-state index in [1.165, 1.54) is 5.56 Å². The van der Waals surface area contributed by atoms with Crippen LogP contribution in [0.15, 0.2) is 47.2 Å². The second-order valence-corrected chi connectivity index (χ2v) is 5.25. The fraction of sp³-hybridized carbons (Fsp3) is 0.0714. The molecule has 0 amide bonds. The number of hydrogen-bond acceptors (Lipinski definition) is 2. The minimum Gasteiger partial charge on any atom is -0.396 e. The molecular formula is C14H12BrN3. The molecule has 4 heteroatoms. The molecule has 18 heavy (non-hydrogen) atoms. The van der Waals surface area contributed by atoms with E-state index in [9.17, 15) is 0 Å². The summed E-state index contributed by atoms with van der Waals surface area (Å²) in [6, 6.07) is 10.2.